The highest BCUT2D eigenvalue weighted by Gasteiger charge is 2.20. The molecule has 0 bridgehead atoms. The number of benzene rings is 1. The maximum absolute atomic E-state index is 5.81. The lowest BCUT2D eigenvalue weighted by molar-refractivity contribution is 0.0275. The molecule has 2 heterocycles. The SMILES string of the molecule is CC(C)n1c(CC2CNCCO2)nc2cc(Br)ccc21. The summed E-state index contributed by atoms with van der Waals surface area (Å²) in [6, 6.07) is 6.69. The molecule has 20 heavy (non-hydrogen) atoms. The van der Waals surface area contributed by atoms with E-state index in [0.29, 0.717) is 6.04 Å². The van der Waals surface area contributed by atoms with Gasteiger partial charge in [0.15, 0.2) is 0 Å². The molecule has 1 atom stereocenters. The van der Waals surface area contributed by atoms with E-state index >= 15 is 0 Å². The van der Waals surface area contributed by atoms with Crippen molar-refractivity contribution in [3.8, 4) is 0 Å². The number of rotatable bonds is 3. The Morgan fingerprint density at radius 2 is 2.35 bits per heavy atom. The van der Waals surface area contributed by atoms with Crippen LogP contribution in [0.25, 0.3) is 11.0 Å². The minimum absolute atomic E-state index is 0.224. The van der Waals surface area contributed by atoms with Gasteiger partial charge in [-0.1, -0.05) is 15.9 Å². The van der Waals surface area contributed by atoms with Crippen LogP contribution in [-0.2, 0) is 11.2 Å². The molecule has 108 valence electrons. The molecule has 4 nitrogen and oxygen atoms in total. The second-order valence-electron chi connectivity index (χ2n) is 5.53. The zero-order valence-corrected chi connectivity index (χ0v) is 13.5. The maximum Gasteiger partial charge on any atom is 0.112 e. The zero-order valence-electron chi connectivity index (χ0n) is 11.9. The molecule has 1 aliphatic rings. The number of nitrogens with one attached hydrogen (secondary N) is 1. The van der Waals surface area contributed by atoms with Crippen LogP contribution in [0.4, 0.5) is 0 Å². The van der Waals surface area contributed by atoms with Crippen molar-refractivity contribution in [1.82, 2.24) is 14.9 Å². The molecule has 1 fully saturated rings. The minimum atomic E-state index is 0.224. The van der Waals surface area contributed by atoms with Crippen LogP contribution in [0, 0.1) is 0 Å². The van der Waals surface area contributed by atoms with E-state index in [2.05, 4.69) is 57.9 Å². The highest BCUT2D eigenvalue weighted by atomic mass is 79.9. The van der Waals surface area contributed by atoms with Crippen molar-refractivity contribution in [1.29, 1.82) is 0 Å². The van der Waals surface area contributed by atoms with Gasteiger partial charge in [-0.05, 0) is 32.0 Å². The maximum atomic E-state index is 5.81. The van der Waals surface area contributed by atoms with Crippen molar-refractivity contribution in [3.63, 3.8) is 0 Å². The molecule has 5 heteroatoms. The number of fused-ring (bicyclic) bond motifs is 1. The summed E-state index contributed by atoms with van der Waals surface area (Å²) in [7, 11) is 0. The fraction of sp³-hybridized carbons (Fsp3) is 0.533. The lowest BCUT2D eigenvalue weighted by Gasteiger charge is -2.24. The van der Waals surface area contributed by atoms with Crippen LogP contribution in [-0.4, -0.2) is 35.4 Å². The van der Waals surface area contributed by atoms with Crippen LogP contribution in [0.3, 0.4) is 0 Å². The largest absolute Gasteiger partial charge is 0.375 e. The van der Waals surface area contributed by atoms with Crippen LogP contribution >= 0.6 is 15.9 Å². The molecule has 0 amide bonds. The Balaban J connectivity index is 1.97. The van der Waals surface area contributed by atoms with Crippen LogP contribution in [0.2, 0.25) is 0 Å². The summed E-state index contributed by atoms with van der Waals surface area (Å²) >= 11 is 3.52. The Morgan fingerprint density at radius 3 is 3.05 bits per heavy atom. The number of ether oxygens (including phenoxy) is 1. The van der Waals surface area contributed by atoms with Crippen LogP contribution in [0.15, 0.2) is 22.7 Å². The predicted molar refractivity (Wildman–Crippen MR) is 84.1 cm³/mol. The second kappa shape index (κ2) is 5.84. The first kappa shape index (κ1) is 14.0. The monoisotopic (exact) mass is 337 g/mol. The summed E-state index contributed by atoms with van der Waals surface area (Å²) in [5.41, 5.74) is 2.24. The summed E-state index contributed by atoms with van der Waals surface area (Å²) in [6.07, 6.45) is 1.08. The molecular weight excluding hydrogens is 318 g/mol. The van der Waals surface area contributed by atoms with Gasteiger partial charge >= 0.3 is 0 Å². The van der Waals surface area contributed by atoms with Gasteiger partial charge in [0.1, 0.15) is 5.82 Å². The average Bonchev–Trinajstić information content (AvgIpc) is 2.76. The third-order valence-corrected chi connectivity index (χ3v) is 4.15. The standard InChI is InChI=1S/C15H20BrN3O/c1-10(2)19-14-4-3-11(16)7-13(14)18-15(19)8-12-9-17-5-6-20-12/h3-4,7,10,12,17H,5-6,8-9H2,1-2H3. The topological polar surface area (TPSA) is 39.1 Å². The number of hydrogen-bond donors (Lipinski definition) is 1. The lowest BCUT2D eigenvalue weighted by atomic mass is 10.2. The first-order valence-electron chi connectivity index (χ1n) is 7.14. The summed E-state index contributed by atoms with van der Waals surface area (Å²) in [5, 5.41) is 3.38. The van der Waals surface area contributed by atoms with E-state index in [0.717, 1.165) is 41.9 Å². The number of hydrogen-bond acceptors (Lipinski definition) is 3. The van der Waals surface area contributed by atoms with Gasteiger partial charge in [0, 0.05) is 30.0 Å². The van der Waals surface area contributed by atoms with E-state index in [1.165, 1.54) is 5.52 Å². The minimum Gasteiger partial charge on any atom is -0.375 e. The quantitative estimate of drug-likeness (QED) is 0.935. The molecule has 3 rings (SSSR count). The molecule has 0 spiro atoms. The molecule has 1 N–H and O–H groups in total. The Hall–Kier alpha value is -0.910. The normalized spacial score (nSPS) is 19.9. The number of halogens is 1. The van der Waals surface area contributed by atoms with Gasteiger partial charge in [0.2, 0.25) is 0 Å². The van der Waals surface area contributed by atoms with Crippen molar-refractivity contribution >= 4 is 27.0 Å². The van der Waals surface area contributed by atoms with Crippen molar-refractivity contribution in [2.24, 2.45) is 0 Å². The fourth-order valence-electron chi connectivity index (χ4n) is 2.80. The van der Waals surface area contributed by atoms with Crippen molar-refractivity contribution < 1.29 is 4.74 Å². The first-order chi connectivity index (χ1) is 9.65. The zero-order chi connectivity index (χ0) is 14.1. The third-order valence-electron chi connectivity index (χ3n) is 3.66. The van der Waals surface area contributed by atoms with Crippen LogP contribution < -0.4 is 5.32 Å². The van der Waals surface area contributed by atoms with Gasteiger partial charge in [-0.3, -0.25) is 0 Å². The van der Waals surface area contributed by atoms with E-state index in [1.807, 2.05) is 0 Å². The van der Waals surface area contributed by atoms with E-state index in [-0.39, 0.29) is 6.10 Å². The van der Waals surface area contributed by atoms with Crippen molar-refractivity contribution in [2.45, 2.75) is 32.4 Å². The van der Waals surface area contributed by atoms with E-state index in [9.17, 15) is 0 Å². The Kier molecular flexibility index (Phi) is 4.10. The molecule has 0 saturated carbocycles. The average molecular weight is 338 g/mol. The van der Waals surface area contributed by atoms with Crippen LogP contribution in [0.5, 0.6) is 0 Å². The lowest BCUT2D eigenvalue weighted by Crippen LogP contribution is -2.40. The van der Waals surface area contributed by atoms with E-state index in [4.69, 9.17) is 9.72 Å². The van der Waals surface area contributed by atoms with E-state index < -0.39 is 0 Å². The van der Waals surface area contributed by atoms with Gasteiger partial charge in [0.05, 0.1) is 23.7 Å². The van der Waals surface area contributed by atoms with Gasteiger partial charge in [-0.25, -0.2) is 4.98 Å². The third kappa shape index (κ3) is 2.75. The smallest absolute Gasteiger partial charge is 0.112 e. The second-order valence-corrected chi connectivity index (χ2v) is 6.44. The summed E-state index contributed by atoms with van der Waals surface area (Å²) < 4.78 is 9.20. The Morgan fingerprint density at radius 1 is 1.50 bits per heavy atom. The van der Waals surface area contributed by atoms with Crippen molar-refractivity contribution in [2.75, 3.05) is 19.7 Å². The molecule has 0 radical (unpaired) electrons. The first-order valence-corrected chi connectivity index (χ1v) is 7.93. The van der Waals surface area contributed by atoms with Gasteiger partial charge in [0.25, 0.3) is 0 Å². The molecule has 1 saturated heterocycles. The summed E-state index contributed by atoms with van der Waals surface area (Å²) in [4.78, 5) is 4.81. The number of morpholine rings is 1. The summed E-state index contributed by atoms with van der Waals surface area (Å²) in [5.74, 6) is 1.11. The van der Waals surface area contributed by atoms with Crippen molar-refractivity contribution in [3.05, 3.63) is 28.5 Å². The van der Waals surface area contributed by atoms with Crippen LogP contribution in [0.1, 0.15) is 25.7 Å². The number of nitrogens with zero attached hydrogens (tertiary/aromatic N) is 2. The van der Waals surface area contributed by atoms with Gasteiger partial charge in [-0.2, -0.15) is 0 Å². The Labute approximate surface area is 127 Å². The molecular formula is C15H20BrN3O. The molecule has 2 aromatic rings. The summed E-state index contributed by atoms with van der Waals surface area (Å²) in [6.45, 7) is 7.05. The molecule has 0 aliphatic carbocycles. The predicted octanol–water partition coefficient (Wildman–Crippen LogP) is 2.91. The number of aromatic nitrogens is 2. The number of imidazole rings is 1. The molecule has 1 unspecified atom stereocenters. The van der Waals surface area contributed by atoms with Gasteiger partial charge in [-0.15, -0.1) is 0 Å². The molecule has 1 aliphatic heterocycles. The molecule has 1 aromatic heterocycles. The van der Waals surface area contributed by atoms with E-state index in [1.54, 1.807) is 0 Å². The Bertz CT molecular complexity index is 602. The molecule has 1 aromatic carbocycles. The fourth-order valence-corrected chi connectivity index (χ4v) is 3.15. The van der Waals surface area contributed by atoms with Gasteiger partial charge < -0.3 is 14.6 Å². The highest BCUT2D eigenvalue weighted by Crippen LogP contribution is 2.25. The highest BCUT2D eigenvalue weighted by molar-refractivity contribution is 9.10.